The van der Waals surface area contributed by atoms with Gasteiger partial charge in [0.1, 0.15) is 5.69 Å². The van der Waals surface area contributed by atoms with E-state index in [1.807, 2.05) is 32.9 Å². The standard InChI is InChI=1S/C18H18F3N3O2/c1-17(2,3)11-4-6-12(7-5-11)23-15(25)16(26)24-13-8-9-14(22-10-13)18(19,20)21/h4-10H,1-3H3,(H,23,25)(H,24,26). The summed E-state index contributed by atoms with van der Waals surface area (Å²) in [6, 6.07) is 8.77. The highest BCUT2D eigenvalue weighted by Gasteiger charge is 2.32. The number of amides is 2. The highest BCUT2D eigenvalue weighted by atomic mass is 19.4. The Bertz CT molecular complexity index is 723. The Morgan fingerprint density at radius 3 is 1.77 bits per heavy atom. The molecule has 2 N–H and O–H groups in total. The Hall–Kier alpha value is -2.90. The largest absolute Gasteiger partial charge is 0.433 e. The molecule has 0 aliphatic rings. The second kappa shape index (κ2) is 7.15. The Morgan fingerprint density at radius 1 is 0.846 bits per heavy atom. The zero-order chi connectivity index (χ0) is 19.5. The van der Waals surface area contributed by atoms with Crippen molar-refractivity contribution >= 4 is 23.2 Å². The second-order valence-corrected chi connectivity index (χ2v) is 6.67. The molecule has 0 atom stereocenters. The molecular weight excluding hydrogens is 347 g/mol. The molecule has 138 valence electrons. The minimum atomic E-state index is -4.57. The van der Waals surface area contributed by atoms with Crippen LogP contribution in [0, 0.1) is 0 Å². The lowest BCUT2D eigenvalue weighted by molar-refractivity contribution is -0.141. The highest BCUT2D eigenvalue weighted by molar-refractivity contribution is 6.43. The van der Waals surface area contributed by atoms with Crippen LogP contribution < -0.4 is 10.6 Å². The van der Waals surface area contributed by atoms with E-state index in [0.29, 0.717) is 5.69 Å². The number of pyridine rings is 1. The molecule has 0 bridgehead atoms. The molecule has 0 aliphatic carbocycles. The number of nitrogens with zero attached hydrogens (tertiary/aromatic N) is 1. The topological polar surface area (TPSA) is 71.1 Å². The van der Waals surface area contributed by atoms with Crippen LogP contribution >= 0.6 is 0 Å². The van der Waals surface area contributed by atoms with Gasteiger partial charge in [0.2, 0.25) is 0 Å². The first-order valence-corrected chi connectivity index (χ1v) is 7.73. The molecule has 0 fully saturated rings. The molecule has 0 radical (unpaired) electrons. The molecular formula is C18H18F3N3O2. The first kappa shape index (κ1) is 19.4. The van der Waals surface area contributed by atoms with Gasteiger partial charge in [0.25, 0.3) is 0 Å². The van der Waals surface area contributed by atoms with Gasteiger partial charge in [-0.2, -0.15) is 13.2 Å². The van der Waals surface area contributed by atoms with Crippen molar-refractivity contribution in [1.29, 1.82) is 0 Å². The second-order valence-electron chi connectivity index (χ2n) is 6.67. The Labute approximate surface area is 148 Å². The third-order valence-corrected chi connectivity index (χ3v) is 3.53. The van der Waals surface area contributed by atoms with Crippen LogP contribution in [0.1, 0.15) is 32.0 Å². The van der Waals surface area contributed by atoms with E-state index in [9.17, 15) is 22.8 Å². The van der Waals surface area contributed by atoms with Crippen molar-refractivity contribution in [2.24, 2.45) is 0 Å². The van der Waals surface area contributed by atoms with Gasteiger partial charge >= 0.3 is 18.0 Å². The lowest BCUT2D eigenvalue weighted by Gasteiger charge is -2.19. The van der Waals surface area contributed by atoms with Gasteiger partial charge in [0, 0.05) is 5.69 Å². The quantitative estimate of drug-likeness (QED) is 0.791. The Kier molecular flexibility index (Phi) is 5.34. The fourth-order valence-electron chi connectivity index (χ4n) is 2.06. The van der Waals surface area contributed by atoms with Crippen molar-refractivity contribution in [3.05, 3.63) is 53.9 Å². The number of carbonyl (C=O) groups excluding carboxylic acids is 2. The van der Waals surface area contributed by atoms with E-state index in [1.165, 1.54) is 0 Å². The number of rotatable bonds is 2. The van der Waals surface area contributed by atoms with Gasteiger partial charge in [0.15, 0.2) is 0 Å². The van der Waals surface area contributed by atoms with Crippen molar-refractivity contribution in [3.63, 3.8) is 0 Å². The van der Waals surface area contributed by atoms with E-state index < -0.39 is 23.7 Å². The molecule has 0 saturated carbocycles. The van der Waals surface area contributed by atoms with Gasteiger partial charge in [0.05, 0.1) is 11.9 Å². The number of halogens is 3. The molecule has 2 aromatic rings. The SMILES string of the molecule is CC(C)(C)c1ccc(NC(=O)C(=O)Nc2ccc(C(F)(F)F)nc2)cc1. The van der Waals surface area contributed by atoms with Crippen LogP contribution in [0.4, 0.5) is 24.5 Å². The molecule has 1 aromatic heterocycles. The van der Waals surface area contributed by atoms with Crippen LogP contribution in [-0.2, 0) is 21.2 Å². The maximum absolute atomic E-state index is 12.4. The monoisotopic (exact) mass is 365 g/mol. The van der Waals surface area contributed by atoms with Gasteiger partial charge in [-0.05, 0) is 35.2 Å². The van der Waals surface area contributed by atoms with Crippen LogP contribution in [0.3, 0.4) is 0 Å². The molecule has 1 heterocycles. The summed E-state index contributed by atoms with van der Waals surface area (Å²) in [5.74, 6) is -1.94. The maximum Gasteiger partial charge on any atom is 0.433 e. The molecule has 0 saturated heterocycles. The third-order valence-electron chi connectivity index (χ3n) is 3.53. The molecule has 1 aromatic carbocycles. The number of carbonyl (C=O) groups is 2. The molecule has 0 spiro atoms. The van der Waals surface area contributed by atoms with E-state index in [4.69, 9.17) is 0 Å². The number of aromatic nitrogens is 1. The zero-order valence-electron chi connectivity index (χ0n) is 14.4. The summed E-state index contributed by atoms with van der Waals surface area (Å²) < 4.78 is 37.3. The van der Waals surface area contributed by atoms with E-state index >= 15 is 0 Å². The fraction of sp³-hybridized carbons (Fsp3) is 0.278. The highest BCUT2D eigenvalue weighted by Crippen LogP contribution is 2.27. The molecule has 0 unspecified atom stereocenters. The van der Waals surface area contributed by atoms with Crippen molar-refractivity contribution in [1.82, 2.24) is 4.98 Å². The molecule has 2 amide bonds. The maximum atomic E-state index is 12.4. The third kappa shape index (κ3) is 5.05. The van der Waals surface area contributed by atoms with E-state index in [2.05, 4.69) is 15.6 Å². The first-order chi connectivity index (χ1) is 12.0. The molecule has 26 heavy (non-hydrogen) atoms. The van der Waals surface area contributed by atoms with Crippen LogP contribution in [-0.4, -0.2) is 16.8 Å². The first-order valence-electron chi connectivity index (χ1n) is 7.73. The average molecular weight is 365 g/mol. The van der Waals surface area contributed by atoms with E-state index in [-0.39, 0.29) is 11.1 Å². The lowest BCUT2D eigenvalue weighted by atomic mass is 9.87. The van der Waals surface area contributed by atoms with E-state index in [0.717, 1.165) is 23.9 Å². The van der Waals surface area contributed by atoms with Gasteiger partial charge in [-0.15, -0.1) is 0 Å². The van der Waals surface area contributed by atoms with Crippen molar-refractivity contribution in [2.45, 2.75) is 32.4 Å². The minimum Gasteiger partial charge on any atom is -0.318 e. The van der Waals surface area contributed by atoms with Crippen molar-refractivity contribution < 1.29 is 22.8 Å². The van der Waals surface area contributed by atoms with Gasteiger partial charge in [-0.1, -0.05) is 32.9 Å². The summed E-state index contributed by atoms with van der Waals surface area (Å²) >= 11 is 0. The smallest absolute Gasteiger partial charge is 0.318 e. The summed E-state index contributed by atoms with van der Waals surface area (Å²) in [5, 5.41) is 4.62. The van der Waals surface area contributed by atoms with Crippen LogP contribution in [0.15, 0.2) is 42.6 Å². The number of alkyl halides is 3. The Morgan fingerprint density at radius 2 is 1.35 bits per heavy atom. The number of benzene rings is 1. The Balaban J connectivity index is 1.98. The predicted octanol–water partition coefficient (Wildman–Crippen LogP) is 3.98. The van der Waals surface area contributed by atoms with Crippen LogP contribution in [0.2, 0.25) is 0 Å². The predicted molar refractivity (Wildman–Crippen MR) is 91.6 cm³/mol. The average Bonchev–Trinajstić information content (AvgIpc) is 2.54. The number of hydrogen-bond acceptors (Lipinski definition) is 3. The summed E-state index contributed by atoms with van der Waals surface area (Å²) in [4.78, 5) is 27.0. The minimum absolute atomic E-state index is 0.0127. The lowest BCUT2D eigenvalue weighted by Crippen LogP contribution is -2.29. The molecule has 0 aliphatic heterocycles. The van der Waals surface area contributed by atoms with Crippen molar-refractivity contribution in [3.8, 4) is 0 Å². The summed E-state index contributed by atoms with van der Waals surface area (Å²) in [5.41, 5.74) is 0.356. The number of hydrogen-bond donors (Lipinski definition) is 2. The number of anilines is 2. The summed E-state index contributed by atoms with van der Waals surface area (Å²) in [7, 11) is 0. The molecule has 8 heteroatoms. The summed E-state index contributed by atoms with van der Waals surface area (Å²) in [6.45, 7) is 6.14. The van der Waals surface area contributed by atoms with Crippen molar-refractivity contribution in [2.75, 3.05) is 10.6 Å². The van der Waals surface area contributed by atoms with Gasteiger partial charge < -0.3 is 10.6 Å². The van der Waals surface area contributed by atoms with E-state index in [1.54, 1.807) is 12.1 Å². The molecule has 5 nitrogen and oxygen atoms in total. The molecule has 2 rings (SSSR count). The van der Waals surface area contributed by atoms with Gasteiger partial charge in [-0.25, -0.2) is 4.98 Å². The van der Waals surface area contributed by atoms with Crippen LogP contribution in [0.5, 0.6) is 0 Å². The van der Waals surface area contributed by atoms with Gasteiger partial charge in [-0.3, -0.25) is 9.59 Å². The number of nitrogens with one attached hydrogen (secondary N) is 2. The zero-order valence-corrected chi connectivity index (χ0v) is 14.4. The van der Waals surface area contributed by atoms with Crippen LogP contribution in [0.25, 0.3) is 0 Å². The normalized spacial score (nSPS) is 11.8. The summed E-state index contributed by atoms with van der Waals surface area (Å²) in [6.07, 6.45) is -3.73. The fourth-order valence-corrected chi connectivity index (χ4v) is 2.06.